The monoisotopic (exact) mass is 389 g/mol. The number of hydrogen-bond donors (Lipinski definition) is 1. The first-order chi connectivity index (χ1) is 12.7. The molecule has 0 saturated heterocycles. The van der Waals surface area contributed by atoms with Crippen molar-refractivity contribution in [2.24, 2.45) is 0 Å². The lowest BCUT2D eigenvalue weighted by Gasteiger charge is -2.03. The van der Waals surface area contributed by atoms with Crippen LogP contribution in [0.4, 0.5) is 5.69 Å². The number of carbonyl (C=O) groups excluding carboxylic acids is 1. The largest absolute Gasteiger partial charge is 0.484 e. The van der Waals surface area contributed by atoms with Gasteiger partial charge in [0.05, 0.1) is 0 Å². The van der Waals surface area contributed by atoms with E-state index in [9.17, 15) is 4.79 Å². The van der Waals surface area contributed by atoms with Crippen molar-refractivity contribution in [3.05, 3.63) is 65.5 Å². The second kappa shape index (κ2) is 9.26. The van der Waals surface area contributed by atoms with E-state index in [0.29, 0.717) is 34.1 Å². The molecule has 134 valence electrons. The smallest absolute Gasteiger partial charge is 0.276 e. The normalized spacial score (nSPS) is 10.5. The lowest BCUT2D eigenvalue weighted by molar-refractivity contribution is -0.115. The minimum absolute atomic E-state index is 0.0606. The Kier molecular flexibility index (Phi) is 6.51. The van der Waals surface area contributed by atoms with Crippen molar-refractivity contribution in [2.45, 2.75) is 18.3 Å². The Labute approximate surface area is 159 Å². The third-order valence-electron chi connectivity index (χ3n) is 3.24. The predicted molar refractivity (Wildman–Crippen MR) is 100 cm³/mol. The number of aromatic nitrogens is 2. The summed E-state index contributed by atoms with van der Waals surface area (Å²) in [6.45, 7) is 0.170. The molecular weight excluding hydrogens is 374 g/mol. The highest BCUT2D eigenvalue weighted by Crippen LogP contribution is 2.20. The molecule has 8 heteroatoms. The average molecular weight is 390 g/mol. The number of rotatable bonds is 8. The summed E-state index contributed by atoms with van der Waals surface area (Å²) in [4.78, 5) is 11.9. The summed E-state index contributed by atoms with van der Waals surface area (Å²) in [7, 11) is 0. The first-order valence-corrected chi connectivity index (χ1v) is 9.24. The molecule has 1 N–H and O–H groups in total. The summed E-state index contributed by atoms with van der Waals surface area (Å²) >= 11 is 7.15. The molecule has 0 saturated carbocycles. The highest BCUT2D eigenvalue weighted by molar-refractivity contribution is 7.99. The molecule has 3 aromatic rings. The number of halogens is 1. The van der Waals surface area contributed by atoms with E-state index in [1.54, 1.807) is 24.3 Å². The Morgan fingerprint density at radius 2 is 1.88 bits per heavy atom. The van der Waals surface area contributed by atoms with E-state index in [1.807, 2.05) is 30.3 Å². The molecule has 0 bridgehead atoms. The van der Waals surface area contributed by atoms with Gasteiger partial charge in [-0.1, -0.05) is 41.6 Å². The molecule has 0 aliphatic heterocycles. The van der Waals surface area contributed by atoms with Crippen LogP contribution >= 0.6 is 23.4 Å². The standard InChI is InChI=1S/C18H16ClN3O3S/c19-13-6-8-15(9-7-13)24-12-17-21-22-18(25-17)26-11-10-16(23)20-14-4-2-1-3-5-14/h1-9H,10-12H2,(H,20,23). The number of hydrogen-bond acceptors (Lipinski definition) is 6. The topological polar surface area (TPSA) is 77.2 Å². The van der Waals surface area contributed by atoms with Crippen molar-refractivity contribution < 1.29 is 13.9 Å². The number of ether oxygens (including phenoxy) is 1. The molecule has 1 amide bonds. The Balaban J connectivity index is 1.39. The lowest BCUT2D eigenvalue weighted by atomic mass is 10.3. The van der Waals surface area contributed by atoms with Crippen LogP contribution in [-0.2, 0) is 11.4 Å². The second-order valence-corrected chi connectivity index (χ2v) is 6.70. The highest BCUT2D eigenvalue weighted by atomic mass is 35.5. The molecule has 1 heterocycles. The maximum atomic E-state index is 11.9. The van der Waals surface area contributed by atoms with Gasteiger partial charge in [0.2, 0.25) is 5.91 Å². The number of thioether (sulfide) groups is 1. The number of nitrogens with zero attached hydrogens (tertiary/aromatic N) is 2. The second-order valence-electron chi connectivity index (χ2n) is 5.22. The van der Waals surface area contributed by atoms with Gasteiger partial charge in [-0.05, 0) is 36.4 Å². The van der Waals surface area contributed by atoms with E-state index in [4.69, 9.17) is 20.8 Å². The van der Waals surface area contributed by atoms with Crippen LogP contribution in [0, 0.1) is 0 Å². The van der Waals surface area contributed by atoms with Crippen LogP contribution in [0.3, 0.4) is 0 Å². The predicted octanol–water partition coefficient (Wildman–Crippen LogP) is 4.42. The molecule has 0 spiro atoms. The van der Waals surface area contributed by atoms with Gasteiger partial charge in [-0.3, -0.25) is 4.79 Å². The number of carbonyl (C=O) groups is 1. The quantitative estimate of drug-likeness (QED) is 0.574. The fraction of sp³-hybridized carbons (Fsp3) is 0.167. The van der Waals surface area contributed by atoms with Gasteiger partial charge >= 0.3 is 0 Å². The minimum Gasteiger partial charge on any atom is -0.484 e. The Bertz CT molecular complexity index is 840. The van der Waals surface area contributed by atoms with E-state index in [0.717, 1.165) is 5.69 Å². The number of amides is 1. The van der Waals surface area contributed by atoms with Crippen molar-refractivity contribution in [2.75, 3.05) is 11.1 Å². The molecule has 0 aliphatic carbocycles. The van der Waals surface area contributed by atoms with Crippen LogP contribution < -0.4 is 10.1 Å². The molecule has 0 unspecified atom stereocenters. The van der Waals surface area contributed by atoms with Crippen molar-refractivity contribution >= 4 is 35.0 Å². The van der Waals surface area contributed by atoms with Crippen LogP contribution in [0.15, 0.2) is 64.2 Å². The molecule has 1 aromatic heterocycles. The molecule has 6 nitrogen and oxygen atoms in total. The Morgan fingerprint density at radius 1 is 1.12 bits per heavy atom. The number of para-hydroxylation sites is 1. The van der Waals surface area contributed by atoms with Crippen LogP contribution in [0.5, 0.6) is 5.75 Å². The van der Waals surface area contributed by atoms with E-state index in [2.05, 4.69) is 15.5 Å². The van der Waals surface area contributed by atoms with E-state index in [-0.39, 0.29) is 12.5 Å². The van der Waals surface area contributed by atoms with Gasteiger partial charge in [-0.2, -0.15) is 0 Å². The first kappa shape index (κ1) is 18.3. The molecule has 2 aromatic carbocycles. The first-order valence-electron chi connectivity index (χ1n) is 7.87. The summed E-state index contributed by atoms with van der Waals surface area (Å²) < 4.78 is 11.0. The molecule has 0 atom stereocenters. The summed E-state index contributed by atoms with van der Waals surface area (Å²) in [5.41, 5.74) is 0.780. The van der Waals surface area contributed by atoms with Crippen molar-refractivity contribution in [1.29, 1.82) is 0 Å². The average Bonchev–Trinajstić information content (AvgIpc) is 3.10. The van der Waals surface area contributed by atoms with Crippen molar-refractivity contribution in [3.8, 4) is 5.75 Å². The summed E-state index contributed by atoms with van der Waals surface area (Å²) in [5, 5.41) is 11.7. The fourth-order valence-corrected chi connectivity index (χ4v) is 2.85. The molecule has 26 heavy (non-hydrogen) atoms. The Morgan fingerprint density at radius 3 is 2.65 bits per heavy atom. The van der Waals surface area contributed by atoms with Gasteiger partial charge in [-0.25, -0.2) is 0 Å². The zero-order valence-electron chi connectivity index (χ0n) is 13.7. The van der Waals surface area contributed by atoms with Crippen molar-refractivity contribution in [1.82, 2.24) is 10.2 Å². The SMILES string of the molecule is O=C(CCSc1nnc(COc2ccc(Cl)cc2)o1)Nc1ccccc1. The number of benzene rings is 2. The van der Waals surface area contributed by atoms with Crippen LogP contribution in [0.1, 0.15) is 12.3 Å². The summed E-state index contributed by atoms with van der Waals surface area (Å²) in [5.74, 6) is 1.52. The maximum Gasteiger partial charge on any atom is 0.276 e. The van der Waals surface area contributed by atoms with Gasteiger partial charge in [0, 0.05) is 22.9 Å². The summed E-state index contributed by atoms with van der Waals surface area (Å²) in [6, 6.07) is 16.3. The Hall–Kier alpha value is -2.51. The third-order valence-corrected chi connectivity index (χ3v) is 4.31. The van der Waals surface area contributed by atoms with Gasteiger partial charge in [0.15, 0.2) is 6.61 Å². The summed E-state index contributed by atoms with van der Waals surface area (Å²) in [6.07, 6.45) is 0.346. The number of anilines is 1. The lowest BCUT2D eigenvalue weighted by Crippen LogP contribution is -2.11. The highest BCUT2D eigenvalue weighted by Gasteiger charge is 2.09. The van der Waals surface area contributed by atoms with Crippen LogP contribution in [0.25, 0.3) is 0 Å². The molecule has 0 radical (unpaired) electrons. The third kappa shape index (κ3) is 5.79. The molecule has 0 fully saturated rings. The van der Waals surface area contributed by atoms with E-state index < -0.39 is 0 Å². The van der Waals surface area contributed by atoms with E-state index in [1.165, 1.54) is 11.8 Å². The minimum atomic E-state index is -0.0606. The van der Waals surface area contributed by atoms with E-state index >= 15 is 0 Å². The number of nitrogens with one attached hydrogen (secondary N) is 1. The fourth-order valence-electron chi connectivity index (χ4n) is 2.01. The molecular formula is C18H16ClN3O3S. The zero-order valence-corrected chi connectivity index (χ0v) is 15.3. The van der Waals surface area contributed by atoms with Crippen LogP contribution in [-0.4, -0.2) is 21.9 Å². The van der Waals surface area contributed by atoms with Gasteiger partial charge in [0.25, 0.3) is 11.1 Å². The zero-order chi connectivity index (χ0) is 18.2. The van der Waals surface area contributed by atoms with Gasteiger partial charge in [-0.15, -0.1) is 10.2 Å². The maximum absolute atomic E-state index is 11.9. The molecule has 0 aliphatic rings. The van der Waals surface area contributed by atoms with Gasteiger partial charge in [0.1, 0.15) is 5.75 Å². The van der Waals surface area contributed by atoms with Crippen LogP contribution in [0.2, 0.25) is 5.02 Å². The van der Waals surface area contributed by atoms with Gasteiger partial charge < -0.3 is 14.5 Å². The molecule has 3 rings (SSSR count). The van der Waals surface area contributed by atoms with Crippen molar-refractivity contribution in [3.63, 3.8) is 0 Å².